The summed E-state index contributed by atoms with van der Waals surface area (Å²) in [5.41, 5.74) is 1.64. The fraction of sp³-hybridized carbons (Fsp3) is 0.312. The number of nitrogens with one attached hydrogen (secondary N) is 1. The third kappa shape index (κ3) is 4.12. The molecule has 2 aromatic rings. The largest absolute Gasteiger partial charge is 0.310 e. The fourth-order valence-electron chi connectivity index (χ4n) is 2.12. The van der Waals surface area contributed by atoms with Gasteiger partial charge in [-0.1, -0.05) is 28.9 Å². The SMILES string of the molecule is CCCNC(Cc1ccccn1)c1cc(Br)ccc1F. The molecule has 106 valence electrons. The normalized spacial score (nSPS) is 12.3. The Morgan fingerprint density at radius 3 is 2.85 bits per heavy atom. The number of aromatic nitrogens is 1. The highest BCUT2D eigenvalue weighted by molar-refractivity contribution is 9.10. The van der Waals surface area contributed by atoms with Crippen LogP contribution in [0.4, 0.5) is 4.39 Å². The molecule has 0 radical (unpaired) electrons. The molecule has 1 aromatic carbocycles. The summed E-state index contributed by atoms with van der Waals surface area (Å²) in [5.74, 6) is -0.183. The number of rotatable bonds is 6. The molecule has 1 atom stereocenters. The molecule has 1 N–H and O–H groups in total. The van der Waals surface area contributed by atoms with Crippen molar-refractivity contribution in [1.82, 2.24) is 10.3 Å². The Balaban J connectivity index is 2.24. The van der Waals surface area contributed by atoms with Gasteiger partial charge in [0.15, 0.2) is 0 Å². The van der Waals surface area contributed by atoms with Gasteiger partial charge in [-0.25, -0.2) is 4.39 Å². The van der Waals surface area contributed by atoms with E-state index in [0.717, 1.165) is 23.1 Å². The zero-order valence-corrected chi connectivity index (χ0v) is 13.0. The summed E-state index contributed by atoms with van der Waals surface area (Å²) in [6, 6.07) is 10.8. The second kappa shape index (κ2) is 7.50. The Kier molecular flexibility index (Phi) is 5.68. The minimum absolute atomic E-state index is 0.0673. The van der Waals surface area contributed by atoms with Crippen molar-refractivity contribution in [1.29, 1.82) is 0 Å². The van der Waals surface area contributed by atoms with E-state index in [1.807, 2.05) is 24.3 Å². The van der Waals surface area contributed by atoms with Gasteiger partial charge in [0, 0.05) is 34.4 Å². The van der Waals surface area contributed by atoms with Crippen molar-refractivity contribution in [3.05, 3.63) is 64.1 Å². The van der Waals surface area contributed by atoms with E-state index in [9.17, 15) is 4.39 Å². The van der Waals surface area contributed by atoms with Crippen LogP contribution in [-0.2, 0) is 6.42 Å². The highest BCUT2D eigenvalue weighted by Crippen LogP contribution is 2.24. The number of halogens is 2. The Morgan fingerprint density at radius 2 is 2.15 bits per heavy atom. The van der Waals surface area contributed by atoms with Crippen LogP contribution in [0, 0.1) is 5.82 Å². The predicted molar refractivity (Wildman–Crippen MR) is 83.1 cm³/mol. The fourth-order valence-corrected chi connectivity index (χ4v) is 2.50. The molecule has 0 aliphatic carbocycles. The van der Waals surface area contributed by atoms with E-state index in [1.54, 1.807) is 12.3 Å². The monoisotopic (exact) mass is 336 g/mol. The lowest BCUT2D eigenvalue weighted by atomic mass is 10.0. The molecule has 0 aliphatic heterocycles. The van der Waals surface area contributed by atoms with Crippen LogP contribution in [-0.4, -0.2) is 11.5 Å². The van der Waals surface area contributed by atoms with E-state index in [4.69, 9.17) is 0 Å². The van der Waals surface area contributed by atoms with Gasteiger partial charge in [-0.15, -0.1) is 0 Å². The van der Waals surface area contributed by atoms with Crippen LogP contribution >= 0.6 is 15.9 Å². The molecule has 2 rings (SSSR count). The van der Waals surface area contributed by atoms with Crippen LogP contribution in [0.3, 0.4) is 0 Å². The lowest BCUT2D eigenvalue weighted by Crippen LogP contribution is -2.25. The first-order valence-corrected chi connectivity index (χ1v) is 7.58. The summed E-state index contributed by atoms with van der Waals surface area (Å²) < 4.78 is 15.0. The maximum Gasteiger partial charge on any atom is 0.128 e. The van der Waals surface area contributed by atoms with Gasteiger partial charge in [0.1, 0.15) is 5.82 Å². The van der Waals surface area contributed by atoms with Gasteiger partial charge in [0.05, 0.1) is 0 Å². The van der Waals surface area contributed by atoms with Crippen LogP contribution in [0.1, 0.15) is 30.6 Å². The summed E-state index contributed by atoms with van der Waals surface area (Å²) in [7, 11) is 0. The van der Waals surface area contributed by atoms with Gasteiger partial charge >= 0.3 is 0 Å². The van der Waals surface area contributed by atoms with Crippen LogP contribution < -0.4 is 5.32 Å². The number of hydrogen-bond donors (Lipinski definition) is 1. The summed E-state index contributed by atoms with van der Waals surface area (Å²) in [6.07, 6.45) is 3.45. The van der Waals surface area contributed by atoms with Gasteiger partial charge in [0.25, 0.3) is 0 Å². The smallest absolute Gasteiger partial charge is 0.128 e. The van der Waals surface area contributed by atoms with Gasteiger partial charge in [0.2, 0.25) is 0 Å². The molecule has 0 saturated carbocycles. The van der Waals surface area contributed by atoms with E-state index >= 15 is 0 Å². The number of nitrogens with zero attached hydrogens (tertiary/aromatic N) is 1. The van der Waals surface area contributed by atoms with Gasteiger partial charge in [-0.3, -0.25) is 4.98 Å². The van der Waals surface area contributed by atoms with Crippen LogP contribution in [0.5, 0.6) is 0 Å². The minimum Gasteiger partial charge on any atom is -0.310 e. The van der Waals surface area contributed by atoms with Crippen molar-refractivity contribution < 1.29 is 4.39 Å². The Labute approximate surface area is 127 Å². The third-order valence-electron chi connectivity index (χ3n) is 3.11. The second-order valence-corrected chi connectivity index (χ2v) is 5.61. The molecular formula is C16H18BrFN2. The van der Waals surface area contributed by atoms with Crippen molar-refractivity contribution in [3.8, 4) is 0 Å². The van der Waals surface area contributed by atoms with Crippen LogP contribution in [0.15, 0.2) is 47.1 Å². The van der Waals surface area contributed by atoms with Crippen molar-refractivity contribution in [3.63, 3.8) is 0 Å². The summed E-state index contributed by atoms with van der Waals surface area (Å²) >= 11 is 3.41. The molecule has 0 spiro atoms. The predicted octanol–water partition coefficient (Wildman–Crippen LogP) is 4.27. The summed E-state index contributed by atoms with van der Waals surface area (Å²) in [6.45, 7) is 2.95. The van der Waals surface area contributed by atoms with Crippen molar-refractivity contribution in [2.24, 2.45) is 0 Å². The number of benzene rings is 1. The van der Waals surface area contributed by atoms with Crippen molar-refractivity contribution >= 4 is 15.9 Å². The Morgan fingerprint density at radius 1 is 1.30 bits per heavy atom. The summed E-state index contributed by atoms with van der Waals surface area (Å²) in [4.78, 5) is 4.33. The van der Waals surface area contributed by atoms with E-state index in [-0.39, 0.29) is 11.9 Å². The molecule has 1 aromatic heterocycles. The lowest BCUT2D eigenvalue weighted by Gasteiger charge is -2.19. The molecule has 20 heavy (non-hydrogen) atoms. The molecule has 0 fully saturated rings. The lowest BCUT2D eigenvalue weighted by molar-refractivity contribution is 0.493. The van der Waals surface area contributed by atoms with Crippen LogP contribution in [0.25, 0.3) is 0 Å². The van der Waals surface area contributed by atoms with E-state index in [1.165, 1.54) is 6.07 Å². The molecule has 1 unspecified atom stereocenters. The average Bonchev–Trinajstić information content (AvgIpc) is 2.47. The highest BCUT2D eigenvalue weighted by Gasteiger charge is 2.16. The van der Waals surface area contributed by atoms with Crippen molar-refractivity contribution in [2.45, 2.75) is 25.8 Å². The first-order chi connectivity index (χ1) is 9.70. The van der Waals surface area contributed by atoms with Gasteiger partial charge in [-0.05, 0) is 43.3 Å². The zero-order valence-electron chi connectivity index (χ0n) is 11.4. The number of pyridine rings is 1. The molecule has 0 amide bonds. The molecule has 0 saturated heterocycles. The second-order valence-electron chi connectivity index (χ2n) is 4.70. The van der Waals surface area contributed by atoms with E-state index in [0.29, 0.717) is 12.0 Å². The molecule has 0 aliphatic rings. The molecule has 1 heterocycles. The Bertz CT molecular complexity index is 545. The minimum atomic E-state index is -0.183. The standard InChI is InChI=1S/C16H18BrFN2/c1-2-8-20-16(11-13-5-3-4-9-19-13)14-10-12(17)6-7-15(14)18/h3-7,9-10,16,20H,2,8,11H2,1H3. The van der Waals surface area contributed by atoms with E-state index < -0.39 is 0 Å². The quantitative estimate of drug-likeness (QED) is 0.852. The third-order valence-corrected chi connectivity index (χ3v) is 3.61. The van der Waals surface area contributed by atoms with E-state index in [2.05, 4.69) is 33.2 Å². The molecule has 4 heteroatoms. The van der Waals surface area contributed by atoms with Gasteiger partial charge in [-0.2, -0.15) is 0 Å². The highest BCUT2D eigenvalue weighted by atomic mass is 79.9. The number of hydrogen-bond acceptors (Lipinski definition) is 2. The maximum absolute atomic E-state index is 14.1. The summed E-state index contributed by atoms with van der Waals surface area (Å²) in [5, 5.41) is 3.40. The average molecular weight is 337 g/mol. The first-order valence-electron chi connectivity index (χ1n) is 6.79. The first kappa shape index (κ1) is 15.1. The molecule has 2 nitrogen and oxygen atoms in total. The molecular weight excluding hydrogens is 319 g/mol. The zero-order chi connectivity index (χ0) is 14.4. The molecule has 0 bridgehead atoms. The van der Waals surface area contributed by atoms with Gasteiger partial charge < -0.3 is 5.32 Å². The maximum atomic E-state index is 14.1. The van der Waals surface area contributed by atoms with Crippen LogP contribution in [0.2, 0.25) is 0 Å². The van der Waals surface area contributed by atoms with Crippen molar-refractivity contribution in [2.75, 3.05) is 6.54 Å². The topological polar surface area (TPSA) is 24.9 Å². The Hall–Kier alpha value is -1.26.